The minimum Gasteiger partial charge on any atom is -0.300 e. The van der Waals surface area contributed by atoms with Gasteiger partial charge >= 0.3 is 0 Å². The van der Waals surface area contributed by atoms with E-state index >= 15 is 0 Å². The maximum atomic E-state index is 14.2. The third-order valence-corrected chi connectivity index (χ3v) is 4.87. The third kappa shape index (κ3) is 3.26. The Bertz CT molecular complexity index is 856. The summed E-state index contributed by atoms with van der Waals surface area (Å²) < 4.78 is 17.9. The summed E-state index contributed by atoms with van der Waals surface area (Å²) in [4.78, 5) is 4.34. The fourth-order valence-corrected chi connectivity index (χ4v) is 3.70. The summed E-state index contributed by atoms with van der Waals surface area (Å²) in [6, 6.07) is 11.0. The molecular formula is C18H15Br2FN2. The molecule has 0 amide bonds. The Hall–Kier alpha value is -1.46. The minimum absolute atomic E-state index is 0.293. The van der Waals surface area contributed by atoms with Gasteiger partial charge in [0.15, 0.2) is 0 Å². The van der Waals surface area contributed by atoms with Crippen LogP contribution < -0.4 is 0 Å². The van der Waals surface area contributed by atoms with Gasteiger partial charge in [0.1, 0.15) is 11.6 Å². The fraction of sp³-hybridized carbons (Fsp3) is 0.167. The highest BCUT2D eigenvalue weighted by Gasteiger charge is 2.14. The first kappa shape index (κ1) is 16.4. The summed E-state index contributed by atoms with van der Waals surface area (Å²) in [5, 5.41) is 0. The van der Waals surface area contributed by atoms with Crippen molar-refractivity contribution in [3.8, 4) is 17.1 Å². The molecule has 3 rings (SSSR count). The second-order valence-electron chi connectivity index (χ2n) is 5.61. The number of hydrogen-bond acceptors (Lipinski definition) is 1. The van der Waals surface area contributed by atoms with Crippen molar-refractivity contribution >= 4 is 31.9 Å². The number of halogens is 3. The van der Waals surface area contributed by atoms with Crippen molar-refractivity contribution in [3.63, 3.8) is 0 Å². The van der Waals surface area contributed by atoms with Crippen molar-refractivity contribution in [3.05, 3.63) is 69.1 Å². The van der Waals surface area contributed by atoms with Crippen molar-refractivity contribution in [2.24, 2.45) is 0 Å². The molecule has 2 aromatic carbocycles. The molecule has 1 heterocycles. The molecule has 0 fully saturated rings. The fourth-order valence-electron chi connectivity index (χ4n) is 2.51. The lowest BCUT2D eigenvalue weighted by atomic mass is 10.0. The van der Waals surface area contributed by atoms with Gasteiger partial charge in [-0.05, 0) is 41.8 Å². The number of hydrogen-bond donors (Lipinski definition) is 0. The molecule has 0 radical (unpaired) electrons. The SMILES string of the molecule is CC(C)c1ccc(-n2ccnc2-c2cc(Br)ccc2F)cc1Br. The molecule has 0 aliphatic heterocycles. The molecule has 0 spiro atoms. The van der Waals surface area contributed by atoms with Gasteiger partial charge in [-0.3, -0.25) is 4.57 Å². The van der Waals surface area contributed by atoms with E-state index in [0.717, 1.165) is 14.6 Å². The first-order valence-electron chi connectivity index (χ1n) is 7.26. The zero-order valence-corrected chi connectivity index (χ0v) is 15.9. The van der Waals surface area contributed by atoms with Crippen LogP contribution in [0.5, 0.6) is 0 Å². The molecule has 0 bridgehead atoms. The van der Waals surface area contributed by atoms with Crippen LogP contribution in [0.4, 0.5) is 4.39 Å². The molecule has 3 aromatic rings. The van der Waals surface area contributed by atoms with E-state index in [1.165, 1.54) is 11.6 Å². The molecule has 0 atom stereocenters. The molecule has 23 heavy (non-hydrogen) atoms. The van der Waals surface area contributed by atoms with Gasteiger partial charge in [0.25, 0.3) is 0 Å². The average Bonchev–Trinajstić information content (AvgIpc) is 2.98. The van der Waals surface area contributed by atoms with Gasteiger partial charge < -0.3 is 0 Å². The van der Waals surface area contributed by atoms with Gasteiger partial charge in [-0.15, -0.1) is 0 Å². The van der Waals surface area contributed by atoms with Crippen LogP contribution in [-0.4, -0.2) is 9.55 Å². The van der Waals surface area contributed by atoms with E-state index in [0.29, 0.717) is 17.3 Å². The molecule has 1 aromatic heterocycles. The predicted molar refractivity (Wildman–Crippen MR) is 98.4 cm³/mol. The third-order valence-electron chi connectivity index (χ3n) is 3.69. The van der Waals surface area contributed by atoms with E-state index in [2.05, 4.69) is 56.8 Å². The van der Waals surface area contributed by atoms with Gasteiger partial charge in [-0.25, -0.2) is 9.37 Å². The Balaban J connectivity index is 2.11. The lowest BCUT2D eigenvalue weighted by Crippen LogP contribution is -1.99. The summed E-state index contributed by atoms with van der Waals surface area (Å²) in [7, 11) is 0. The van der Waals surface area contributed by atoms with E-state index < -0.39 is 0 Å². The first-order valence-corrected chi connectivity index (χ1v) is 8.84. The highest BCUT2D eigenvalue weighted by molar-refractivity contribution is 9.10. The normalized spacial score (nSPS) is 11.2. The molecule has 0 aliphatic carbocycles. The monoisotopic (exact) mass is 436 g/mol. The van der Waals surface area contributed by atoms with Crippen LogP contribution >= 0.6 is 31.9 Å². The Morgan fingerprint density at radius 2 is 1.87 bits per heavy atom. The summed E-state index contributed by atoms with van der Waals surface area (Å²) in [6.07, 6.45) is 3.52. The number of nitrogens with zero attached hydrogens (tertiary/aromatic N) is 2. The molecule has 2 nitrogen and oxygen atoms in total. The van der Waals surface area contributed by atoms with Crippen molar-refractivity contribution < 1.29 is 4.39 Å². The molecule has 0 aliphatic rings. The average molecular weight is 438 g/mol. The predicted octanol–water partition coefficient (Wildman–Crippen LogP) is 6.33. The van der Waals surface area contributed by atoms with Gasteiger partial charge in [-0.2, -0.15) is 0 Å². The summed E-state index contributed by atoms with van der Waals surface area (Å²) >= 11 is 7.01. The Morgan fingerprint density at radius 1 is 1.09 bits per heavy atom. The minimum atomic E-state index is -0.293. The molecule has 0 saturated heterocycles. The number of benzene rings is 2. The molecule has 0 N–H and O–H groups in total. The highest BCUT2D eigenvalue weighted by Crippen LogP contribution is 2.30. The van der Waals surface area contributed by atoms with E-state index in [4.69, 9.17) is 0 Å². The molecule has 0 saturated carbocycles. The molecular weight excluding hydrogens is 423 g/mol. The van der Waals surface area contributed by atoms with Crippen molar-refractivity contribution in [2.45, 2.75) is 19.8 Å². The zero-order valence-electron chi connectivity index (χ0n) is 12.7. The van der Waals surface area contributed by atoms with E-state index in [-0.39, 0.29) is 5.82 Å². The van der Waals surface area contributed by atoms with Crippen molar-refractivity contribution in [1.29, 1.82) is 0 Å². The smallest absolute Gasteiger partial charge is 0.147 e. The van der Waals surface area contributed by atoms with Crippen LogP contribution in [-0.2, 0) is 0 Å². The van der Waals surface area contributed by atoms with Crippen molar-refractivity contribution in [1.82, 2.24) is 9.55 Å². The maximum Gasteiger partial charge on any atom is 0.147 e. The number of imidazole rings is 1. The first-order chi connectivity index (χ1) is 11.0. The summed E-state index contributed by atoms with van der Waals surface area (Å²) in [5.74, 6) is 0.717. The standard InChI is InChI=1S/C18H15Br2FN2/c1-11(2)14-5-4-13(10-16(14)20)23-8-7-22-18(23)15-9-12(19)3-6-17(15)21/h3-11H,1-2H3. The Labute approximate surface area is 151 Å². The van der Waals surface area contributed by atoms with Gasteiger partial charge in [-0.1, -0.05) is 51.8 Å². The highest BCUT2D eigenvalue weighted by atomic mass is 79.9. The van der Waals surface area contributed by atoms with Crippen LogP contribution in [0.1, 0.15) is 25.3 Å². The van der Waals surface area contributed by atoms with Gasteiger partial charge in [0.2, 0.25) is 0 Å². The van der Waals surface area contributed by atoms with E-state index in [1.54, 1.807) is 18.3 Å². The van der Waals surface area contributed by atoms with Crippen LogP contribution in [0.2, 0.25) is 0 Å². The molecule has 0 unspecified atom stereocenters. The zero-order chi connectivity index (χ0) is 16.6. The topological polar surface area (TPSA) is 17.8 Å². The van der Waals surface area contributed by atoms with Crippen LogP contribution in [0.15, 0.2) is 57.7 Å². The van der Waals surface area contributed by atoms with Crippen LogP contribution in [0.3, 0.4) is 0 Å². The Kier molecular flexibility index (Phi) is 4.69. The second kappa shape index (κ2) is 6.57. The molecule has 5 heteroatoms. The van der Waals surface area contributed by atoms with Crippen LogP contribution in [0.25, 0.3) is 17.1 Å². The largest absolute Gasteiger partial charge is 0.300 e. The summed E-state index contributed by atoms with van der Waals surface area (Å²) in [5.41, 5.74) is 2.64. The van der Waals surface area contributed by atoms with Gasteiger partial charge in [0.05, 0.1) is 5.56 Å². The second-order valence-corrected chi connectivity index (χ2v) is 7.38. The lowest BCUT2D eigenvalue weighted by Gasteiger charge is -2.13. The number of aromatic nitrogens is 2. The summed E-state index contributed by atoms with van der Waals surface area (Å²) in [6.45, 7) is 4.30. The number of rotatable bonds is 3. The van der Waals surface area contributed by atoms with Crippen LogP contribution in [0, 0.1) is 5.82 Å². The molecule has 118 valence electrons. The van der Waals surface area contributed by atoms with E-state index in [1.807, 2.05) is 22.9 Å². The maximum absolute atomic E-state index is 14.2. The quantitative estimate of drug-likeness (QED) is 0.468. The Morgan fingerprint density at radius 3 is 2.57 bits per heavy atom. The van der Waals surface area contributed by atoms with Crippen molar-refractivity contribution in [2.75, 3.05) is 0 Å². The van der Waals surface area contributed by atoms with E-state index in [9.17, 15) is 4.39 Å². The van der Waals surface area contributed by atoms with Gasteiger partial charge in [0, 0.05) is 27.0 Å². The lowest BCUT2D eigenvalue weighted by molar-refractivity contribution is 0.629.